The number of rotatable bonds is 5. The minimum atomic E-state index is -0.558. The normalized spacial score (nSPS) is 19.5. The molecule has 39 heavy (non-hydrogen) atoms. The number of nitrogen functional groups attached to an aromatic ring is 1. The minimum absolute atomic E-state index is 0.0290. The Balaban J connectivity index is 1.35. The molecule has 0 atom stereocenters. The van der Waals surface area contributed by atoms with Gasteiger partial charge in [-0.3, -0.25) is 9.88 Å². The molecule has 3 aromatic heterocycles. The van der Waals surface area contributed by atoms with E-state index in [9.17, 15) is 0 Å². The second-order valence-electron chi connectivity index (χ2n) is 10.8. The predicted octanol–water partition coefficient (Wildman–Crippen LogP) is 4.20. The van der Waals surface area contributed by atoms with E-state index in [4.69, 9.17) is 20.2 Å². The van der Waals surface area contributed by atoms with Gasteiger partial charge in [0.2, 0.25) is 0 Å². The fraction of sp³-hybridized carbons (Fsp3) is 0.448. The molecular formula is C29H32FN7O2. The third-order valence-corrected chi connectivity index (χ3v) is 8.43. The Kier molecular flexibility index (Phi) is 6.16. The van der Waals surface area contributed by atoms with Gasteiger partial charge in [-0.25, -0.2) is 9.37 Å². The number of hydrogen-bond acceptors (Lipinski definition) is 9. The molecule has 3 aliphatic heterocycles. The van der Waals surface area contributed by atoms with Crippen molar-refractivity contribution < 1.29 is 13.9 Å². The third-order valence-electron chi connectivity index (χ3n) is 8.43. The number of halogens is 1. The molecule has 4 aromatic rings. The van der Waals surface area contributed by atoms with Crippen molar-refractivity contribution in [3.05, 3.63) is 42.3 Å². The van der Waals surface area contributed by atoms with Crippen LogP contribution < -0.4 is 15.4 Å². The Labute approximate surface area is 226 Å². The smallest absolute Gasteiger partial charge is 0.319 e. The topological polar surface area (TPSA) is 103 Å². The number of pyridine rings is 2. The van der Waals surface area contributed by atoms with Crippen molar-refractivity contribution in [3.8, 4) is 17.4 Å². The van der Waals surface area contributed by atoms with Crippen molar-refractivity contribution in [1.29, 1.82) is 0 Å². The number of aromatic nitrogens is 4. The Morgan fingerprint density at radius 3 is 2.67 bits per heavy atom. The molecule has 3 saturated heterocycles. The molecule has 2 N–H and O–H groups in total. The number of benzene rings is 1. The first kappa shape index (κ1) is 24.4. The van der Waals surface area contributed by atoms with Gasteiger partial charge >= 0.3 is 6.01 Å². The number of ether oxygens (including phenoxy) is 2. The summed E-state index contributed by atoms with van der Waals surface area (Å²) in [6.45, 7) is 5.36. The molecule has 202 valence electrons. The number of hydrogen-bond donors (Lipinski definition) is 1. The zero-order chi connectivity index (χ0) is 26.4. The first-order valence-corrected chi connectivity index (χ1v) is 13.8. The quantitative estimate of drug-likeness (QED) is 0.408. The summed E-state index contributed by atoms with van der Waals surface area (Å²) in [4.78, 5) is 23.1. The van der Waals surface area contributed by atoms with Gasteiger partial charge in [-0.2, -0.15) is 9.97 Å². The van der Waals surface area contributed by atoms with Crippen LogP contribution in [0.4, 0.5) is 16.0 Å². The van der Waals surface area contributed by atoms with Crippen LogP contribution in [0.1, 0.15) is 32.1 Å². The maximum atomic E-state index is 16.4. The van der Waals surface area contributed by atoms with Crippen molar-refractivity contribution in [1.82, 2.24) is 24.8 Å². The van der Waals surface area contributed by atoms with Gasteiger partial charge in [0.15, 0.2) is 5.82 Å². The van der Waals surface area contributed by atoms with Gasteiger partial charge in [0, 0.05) is 31.3 Å². The van der Waals surface area contributed by atoms with E-state index in [2.05, 4.69) is 24.8 Å². The Morgan fingerprint density at radius 1 is 0.949 bits per heavy atom. The zero-order valence-corrected chi connectivity index (χ0v) is 21.9. The monoisotopic (exact) mass is 529 g/mol. The molecule has 3 aliphatic rings. The third kappa shape index (κ3) is 4.31. The molecule has 1 aromatic carbocycles. The highest BCUT2D eigenvalue weighted by molar-refractivity contribution is 5.98. The summed E-state index contributed by atoms with van der Waals surface area (Å²) in [5.74, 6) is 0.367. The van der Waals surface area contributed by atoms with Crippen LogP contribution in [0.2, 0.25) is 0 Å². The minimum Gasteiger partial charge on any atom is -0.461 e. The SMILES string of the molecule is Nc1cc2ccccc2c(-c2ncc3c(N4CCCOCC4)nc(OCC45CCCN4CCC5)nc3c2F)n1. The van der Waals surface area contributed by atoms with E-state index in [1.807, 2.05) is 24.3 Å². The lowest BCUT2D eigenvalue weighted by molar-refractivity contribution is 0.108. The first-order chi connectivity index (χ1) is 19.1. The number of nitrogens with two attached hydrogens (primary N) is 1. The van der Waals surface area contributed by atoms with E-state index in [-0.39, 0.29) is 22.8 Å². The molecule has 0 amide bonds. The second-order valence-corrected chi connectivity index (χ2v) is 10.8. The van der Waals surface area contributed by atoms with E-state index in [1.54, 1.807) is 12.3 Å². The first-order valence-electron chi connectivity index (χ1n) is 13.8. The molecule has 9 nitrogen and oxygen atoms in total. The summed E-state index contributed by atoms with van der Waals surface area (Å²) in [6, 6.07) is 9.60. The van der Waals surface area contributed by atoms with Gasteiger partial charge in [-0.1, -0.05) is 24.3 Å². The molecule has 0 unspecified atom stereocenters. The van der Waals surface area contributed by atoms with Gasteiger partial charge < -0.3 is 20.1 Å². The molecule has 0 aliphatic carbocycles. The number of fused-ring (bicyclic) bond motifs is 3. The Morgan fingerprint density at radius 2 is 1.79 bits per heavy atom. The standard InChI is InChI=1S/C29H32FN7O2/c30-23-24-21(17-32-26(23)25-20-7-2-1-6-19(20)16-22(31)33-25)27(36-10-5-14-38-15-13-36)35-28(34-24)39-18-29-8-3-11-37(29)12-4-9-29/h1-2,6-7,16-17H,3-5,8-15,18H2,(H2,31,33). The van der Waals surface area contributed by atoms with Gasteiger partial charge in [0.1, 0.15) is 35.1 Å². The van der Waals surface area contributed by atoms with Crippen LogP contribution >= 0.6 is 0 Å². The number of nitrogens with zero attached hydrogens (tertiary/aromatic N) is 6. The van der Waals surface area contributed by atoms with Crippen molar-refractivity contribution in [2.45, 2.75) is 37.6 Å². The van der Waals surface area contributed by atoms with Crippen molar-refractivity contribution in [2.75, 3.05) is 56.6 Å². The van der Waals surface area contributed by atoms with Crippen molar-refractivity contribution in [2.24, 2.45) is 0 Å². The van der Waals surface area contributed by atoms with Crippen LogP contribution in [-0.4, -0.2) is 76.4 Å². The second kappa shape index (κ2) is 9.84. The van der Waals surface area contributed by atoms with Gasteiger partial charge in [0.25, 0.3) is 0 Å². The lowest BCUT2D eigenvalue weighted by Crippen LogP contribution is -2.43. The van der Waals surface area contributed by atoms with E-state index >= 15 is 4.39 Å². The molecule has 0 bridgehead atoms. The summed E-state index contributed by atoms with van der Waals surface area (Å²) < 4.78 is 28.4. The largest absolute Gasteiger partial charge is 0.461 e. The molecule has 10 heteroatoms. The van der Waals surface area contributed by atoms with Gasteiger partial charge in [-0.05, 0) is 56.6 Å². The summed E-state index contributed by atoms with van der Waals surface area (Å²) in [5, 5.41) is 2.19. The van der Waals surface area contributed by atoms with Crippen molar-refractivity contribution >= 4 is 33.3 Å². The zero-order valence-electron chi connectivity index (χ0n) is 21.9. The summed E-state index contributed by atoms with van der Waals surface area (Å²) >= 11 is 0. The predicted molar refractivity (Wildman–Crippen MR) is 148 cm³/mol. The Hall–Kier alpha value is -3.63. The average Bonchev–Trinajstić information content (AvgIpc) is 3.41. The van der Waals surface area contributed by atoms with E-state index in [0.29, 0.717) is 49.1 Å². The summed E-state index contributed by atoms with van der Waals surface area (Å²) in [7, 11) is 0. The van der Waals surface area contributed by atoms with E-state index in [0.717, 1.165) is 49.7 Å². The maximum Gasteiger partial charge on any atom is 0.319 e. The highest BCUT2D eigenvalue weighted by Gasteiger charge is 2.45. The molecular weight excluding hydrogens is 497 g/mol. The maximum absolute atomic E-state index is 16.4. The lowest BCUT2D eigenvalue weighted by atomic mass is 9.95. The van der Waals surface area contributed by atoms with Crippen molar-refractivity contribution in [3.63, 3.8) is 0 Å². The molecule has 0 spiro atoms. The molecule has 0 radical (unpaired) electrons. The van der Waals surface area contributed by atoms with Crippen LogP contribution in [0.25, 0.3) is 33.1 Å². The fourth-order valence-electron chi connectivity index (χ4n) is 6.51. The lowest BCUT2D eigenvalue weighted by Gasteiger charge is -2.31. The van der Waals surface area contributed by atoms with Crippen LogP contribution in [0.3, 0.4) is 0 Å². The highest BCUT2D eigenvalue weighted by Crippen LogP contribution is 2.40. The van der Waals surface area contributed by atoms with Crippen LogP contribution in [0.15, 0.2) is 36.5 Å². The Bertz CT molecular complexity index is 1530. The van der Waals surface area contributed by atoms with E-state index < -0.39 is 5.82 Å². The fourth-order valence-corrected chi connectivity index (χ4v) is 6.51. The average molecular weight is 530 g/mol. The molecule has 6 heterocycles. The van der Waals surface area contributed by atoms with Gasteiger partial charge in [-0.15, -0.1) is 0 Å². The molecule has 7 rings (SSSR count). The van der Waals surface area contributed by atoms with Crippen LogP contribution in [-0.2, 0) is 4.74 Å². The van der Waals surface area contributed by atoms with Gasteiger partial charge in [0.05, 0.1) is 17.5 Å². The molecule has 0 saturated carbocycles. The van der Waals surface area contributed by atoms with Crippen LogP contribution in [0.5, 0.6) is 6.01 Å². The summed E-state index contributed by atoms with van der Waals surface area (Å²) in [5.41, 5.74) is 6.80. The highest BCUT2D eigenvalue weighted by atomic mass is 19.1. The summed E-state index contributed by atoms with van der Waals surface area (Å²) in [6.07, 6.45) is 7.05. The van der Waals surface area contributed by atoms with Crippen LogP contribution in [0, 0.1) is 5.82 Å². The molecule has 3 fully saturated rings. The number of anilines is 2. The van der Waals surface area contributed by atoms with E-state index in [1.165, 1.54) is 12.8 Å².